The zero-order chi connectivity index (χ0) is 26.8. The first kappa shape index (κ1) is 33.5. The average molecular weight is 524 g/mol. The van der Waals surface area contributed by atoms with Crippen LogP contribution in [0.2, 0.25) is 0 Å². The molecule has 1 N–H and O–H groups in total. The van der Waals surface area contributed by atoms with E-state index in [1.54, 1.807) is 0 Å². The molecule has 1 rings (SSSR count). The molecule has 1 fully saturated rings. The van der Waals surface area contributed by atoms with E-state index in [0.717, 1.165) is 12.8 Å². The third-order valence-corrected chi connectivity index (χ3v) is 7.13. The maximum Gasteiger partial charge on any atom is 0.407 e. The zero-order valence-electron chi connectivity index (χ0n) is 24.0. The van der Waals surface area contributed by atoms with Crippen molar-refractivity contribution in [2.24, 2.45) is 0 Å². The predicted octanol–water partition coefficient (Wildman–Crippen LogP) is 8.77. The maximum atomic E-state index is 11.7. The maximum absolute atomic E-state index is 11.7. The summed E-state index contributed by atoms with van der Waals surface area (Å²) in [6.07, 6.45) is 28.8. The molecule has 0 aromatic carbocycles. The van der Waals surface area contributed by atoms with Gasteiger partial charge in [0.15, 0.2) is 0 Å². The van der Waals surface area contributed by atoms with E-state index in [2.05, 4.69) is 18.8 Å². The van der Waals surface area contributed by atoms with Gasteiger partial charge in [0, 0.05) is 0 Å². The Bertz CT molecular complexity index is 568. The summed E-state index contributed by atoms with van der Waals surface area (Å²) in [5, 5.41) is 2.63. The van der Waals surface area contributed by atoms with Gasteiger partial charge in [-0.25, -0.2) is 4.79 Å². The number of cyclic esters (lactones) is 1. The summed E-state index contributed by atoms with van der Waals surface area (Å²) in [6, 6.07) is -0.500. The topological polar surface area (TPSA) is 73.9 Å². The molecule has 1 amide bonds. The molecule has 0 aromatic heterocycles. The number of hydrogen-bond acceptors (Lipinski definition) is 5. The number of alkyl carbamates (subject to hydrolysis) is 1. The predicted molar refractivity (Wildman–Crippen MR) is 152 cm³/mol. The van der Waals surface area contributed by atoms with Crippen LogP contribution in [-0.2, 0) is 19.0 Å². The second kappa shape index (κ2) is 24.8. The Morgan fingerprint density at radius 1 is 0.811 bits per heavy atom. The Labute approximate surface area is 227 Å². The van der Waals surface area contributed by atoms with Crippen LogP contribution >= 0.6 is 0 Å². The molecule has 216 valence electrons. The van der Waals surface area contributed by atoms with Crippen molar-refractivity contribution in [3.05, 3.63) is 12.7 Å². The lowest BCUT2D eigenvalue weighted by Gasteiger charge is -2.18. The number of rotatable bonds is 26. The Hall–Kier alpha value is -1.56. The van der Waals surface area contributed by atoms with E-state index in [0.29, 0.717) is 6.61 Å². The quantitative estimate of drug-likeness (QED) is 0.0697. The molecule has 0 saturated carbocycles. The van der Waals surface area contributed by atoms with Crippen molar-refractivity contribution in [2.75, 3.05) is 13.2 Å². The number of carbonyl (C=O) groups excluding carboxylic acids is 2. The minimum atomic E-state index is -0.728. The van der Waals surface area contributed by atoms with Crippen LogP contribution in [0.3, 0.4) is 0 Å². The summed E-state index contributed by atoms with van der Waals surface area (Å²) in [6.45, 7) is 6.43. The summed E-state index contributed by atoms with van der Waals surface area (Å²) in [5.74, 6) is -0.363. The van der Waals surface area contributed by atoms with Crippen LogP contribution in [0.5, 0.6) is 0 Å². The number of ether oxygens (including phenoxy) is 3. The lowest BCUT2D eigenvalue weighted by molar-refractivity contribution is -0.164. The van der Waals surface area contributed by atoms with Gasteiger partial charge in [-0.15, -0.1) is 0 Å². The van der Waals surface area contributed by atoms with Gasteiger partial charge >= 0.3 is 12.1 Å². The smallest absolute Gasteiger partial charge is 0.407 e. The first-order valence-corrected chi connectivity index (χ1v) is 15.5. The van der Waals surface area contributed by atoms with Gasteiger partial charge in [0.05, 0.1) is 13.0 Å². The van der Waals surface area contributed by atoms with Crippen molar-refractivity contribution in [2.45, 2.75) is 161 Å². The number of carbonyl (C=O) groups is 2. The molecule has 0 bridgehead atoms. The zero-order valence-corrected chi connectivity index (χ0v) is 24.0. The Morgan fingerprint density at radius 2 is 1.24 bits per heavy atom. The lowest BCUT2D eigenvalue weighted by Crippen LogP contribution is -2.42. The fraction of sp³-hybridized carbons (Fsp3) is 0.871. The van der Waals surface area contributed by atoms with Crippen LogP contribution in [0.15, 0.2) is 12.7 Å². The fourth-order valence-electron chi connectivity index (χ4n) is 4.87. The highest BCUT2D eigenvalue weighted by Crippen LogP contribution is 2.18. The van der Waals surface area contributed by atoms with Crippen molar-refractivity contribution < 1.29 is 23.8 Å². The molecule has 0 aliphatic carbocycles. The summed E-state index contributed by atoms with van der Waals surface area (Å²) in [4.78, 5) is 23.3. The van der Waals surface area contributed by atoms with Gasteiger partial charge < -0.3 is 19.5 Å². The second-order valence-corrected chi connectivity index (χ2v) is 10.6. The van der Waals surface area contributed by atoms with Crippen molar-refractivity contribution >= 4 is 12.1 Å². The summed E-state index contributed by atoms with van der Waals surface area (Å²) < 4.78 is 15.8. The van der Waals surface area contributed by atoms with Crippen LogP contribution in [0, 0.1) is 0 Å². The molecular weight excluding hydrogens is 466 g/mol. The number of unbranched alkanes of at least 4 members (excludes halogenated alkanes) is 20. The van der Waals surface area contributed by atoms with Gasteiger partial charge in [-0.2, -0.15) is 0 Å². The highest BCUT2D eigenvalue weighted by atomic mass is 16.7. The van der Waals surface area contributed by atoms with E-state index in [-0.39, 0.29) is 19.0 Å². The van der Waals surface area contributed by atoms with Gasteiger partial charge in [0.1, 0.15) is 12.6 Å². The molecule has 0 radical (unpaired) electrons. The van der Waals surface area contributed by atoms with Gasteiger partial charge in [-0.1, -0.05) is 148 Å². The van der Waals surface area contributed by atoms with E-state index >= 15 is 0 Å². The third kappa shape index (κ3) is 20.1. The molecular formula is C31H57NO5. The molecule has 37 heavy (non-hydrogen) atoms. The molecule has 0 aromatic rings. The van der Waals surface area contributed by atoms with Gasteiger partial charge in [0.2, 0.25) is 6.29 Å². The Kier molecular flexibility index (Phi) is 22.4. The number of amides is 1. The minimum absolute atomic E-state index is 0.104. The molecule has 6 nitrogen and oxygen atoms in total. The normalized spacial score (nSPS) is 17.1. The highest BCUT2D eigenvalue weighted by molar-refractivity contribution is 5.75. The van der Waals surface area contributed by atoms with E-state index in [4.69, 9.17) is 14.2 Å². The summed E-state index contributed by atoms with van der Waals surface area (Å²) >= 11 is 0. The second-order valence-electron chi connectivity index (χ2n) is 10.6. The van der Waals surface area contributed by atoms with Crippen molar-refractivity contribution in [3.8, 4) is 0 Å². The van der Waals surface area contributed by atoms with Gasteiger partial charge in [0.25, 0.3) is 0 Å². The Balaban J connectivity index is 1.81. The standard InChI is InChI=1S/C31H57NO5/c1-3-5-6-7-8-9-10-11-12-13-14-15-16-17-18-19-20-21-22-23-24-26-35-30-28(27-29(33)37-30)32-31(34)36-25-4-2/h4,28,30H,2-3,5-27H2,1H3,(H,32,34). The van der Waals surface area contributed by atoms with E-state index in [9.17, 15) is 9.59 Å². The molecule has 2 atom stereocenters. The van der Waals surface area contributed by atoms with Crippen LogP contribution in [0.25, 0.3) is 0 Å². The summed E-state index contributed by atoms with van der Waals surface area (Å²) in [7, 11) is 0. The largest absolute Gasteiger partial charge is 0.445 e. The van der Waals surface area contributed by atoms with Gasteiger partial charge in [-0.3, -0.25) is 4.79 Å². The SMILES string of the molecule is C=CCOC(=O)NC1CC(=O)OC1OCCCCCCCCCCCCCCCCCCCCCCC. The average Bonchev–Trinajstić information content (AvgIpc) is 3.24. The fourth-order valence-corrected chi connectivity index (χ4v) is 4.87. The molecule has 0 spiro atoms. The van der Waals surface area contributed by atoms with Crippen molar-refractivity contribution in [1.29, 1.82) is 0 Å². The van der Waals surface area contributed by atoms with Crippen LogP contribution < -0.4 is 5.32 Å². The number of nitrogens with one attached hydrogen (secondary N) is 1. The van der Waals surface area contributed by atoms with Crippen LogP contribution in [0.1, 0.15) is 148 Å². The monoisotopic (exact) mass is 523 g/mol. The van der Waals surface area contributed by atoms with Crippen LogP contribution in [0.4, 0.5) is 4.79 Å². The molecule has 6 heteroatoms. The molecule has 1 saturated heterocycles. The van der Waals surface area contributed by atoms with E-state index in [1.165, 1.54) is 128 Å². The minimum Gasteiger partial charge on any atom is -0.445 e. The van der Waals surface area contributed by atoms with Crippen LogP contribution in [-0.4, -0.2) is 37.6 Å². The van der Waals surface area contributed by atoms with Gasteiger partial charge in [-0.05, 0) is 6.42 Å². The molecule has 2 unspecified atom stereocenters. The highest BCUT2D eigenvalue weighted by Gasteiger charge is 2.37. The molecule has 1 aliphatic heterocycles. The van der Waals surface area contributed by atoms with E-state index < -0.39 is 18.4 Å². The first-order chi connectivity index (χ1) is 18.2. The third-order valence-electron chi connectivity index (χ3n) is 7.13. The lowest BCUT2D eigenvalue weighted by atomic mass is 10.0. The van der Waals surface area contributed by atoms with Crippen molar-refractivity contribution in [3.63, 3.8) is 0 Å². The number of esters is 1. The number of hydrogen-bond donors (Lipinski definition) is 1. The molecule has 1 aliphatic rings. The van der Waals surface area contributed by atoms with E-state index in [1.807, 2.05) is 0 Å². The summed E-state index contributed by atoms with van der Waals surface area (Å²) in [5.41, 5.74) is 0. The first-order valence-electron chi connectivity index (χ1n) is 15.5. The molecule has 1 heterocycles. The van der Waals surface area contributed by atoms with Crippen molar-refractivity contribution in [1.82, 2.24) is 5.32 Å². The Morgan fingerprint density at radius 3 is 1.68 bits per heavy atom.